The Labute approximate surface area is 118 Å². The van der Waals surface area contributed by atoms with E-state index in [9.17, 15) is 9.90 Å². The zero-order chi connectivity index (χ0) is 14.0. The van der Waals surface area contributed by atoms with E-state index in [4.69, 9.17) is 11.6 Å². The number of amides is 1. The van der Waals surface area contributed by atoms with Crippen LogP contribution in [0.5, 0.6) is 0 Å². The number of carbonyl (C=O) groups excluding carboxylic acids is 1. The summed E-state index contributed by atoms with van der Waals surface area (Å²) in [6.45, 7) is 3.83. The normalized spacial score (nSPS) is 22.6. The average Bonchev–Trinajstić information content (AvgIpc) is 2.40. The third-order valence-electron chi connectivity index (χ3n) is 3.67. The Hall–Kier alpha value is -1.10. The quantitative estimate of drug-likeness (QED) is 0.914. The summed E-state index contributed by atoms with van der Waals surface area (Å²) in [6, 6.07) is 6.98. The lowest BCUT2D eigenvalue weighted by atomic mass is 10.1. The highest BCUT2D eigenvalue weighted by atomic mass is 35.5. The van der Waals surface area contributed by atoms with Crippen molar-refractivity contribution in [2.24, 2.45) is 0 Å². The van der Waals surface area contributed by atoms with Crippen LogP contribution in [0.25, 0.3) is 0 Å². The van der Waals surface area contributed by atoms with Crippen molar-refractivity contribution in [2.75, 3.05) is 26.7 Å². The molecule has 19 heavy (non-hydrogen) atoms. The number of carbonyl (C=O) groups is 1. The molecular formula is C14H19ClN2O2. The summed E-state index contributed by atoms with van der Waals surface area (Å²) in [5.74, 6) is 0.106. The third-order valence-corrected chi connectivity index (χ3v) is 3.92. The highest BCUT2D eigenvalue weighted by Crippen LogP contribution is 2.19. The number of likely N-dealkylation sites (N-methyl/N-ethyl adjacent to an activating group) is 1. The second-order valence-electron chi connectivity index (χ2n) is 5.00. The molecule has 4 nitrogen and oxygen atoms in total. The predicted molar refractivity (Wildman–Crippen MR) is 75.1 cm³/mol. The first-order valence-electron chi connectivity index (χ1n) is 6.41. The molecule has 5 heteroatoms. The van der Waals surface area contributed by atoms with E-state index in [2.05, 4.69) is 0 Å². The summed E-state index contributed by atoms with van der Waals surface area (Å²) in [4.78, 5) is 15.6. The predicted octanol–water partition coefficient (Wildman–Crippen LogP) is 1.54. The molecule has 1 fully saturated rings. The third kappa shape index (κ3) is 3.26. The SMILES string of the molecule is CC1C(=O)N(C)CCN1C[C@@H](O)c1ccc(Cl)cc1. The summed E-state index contributed by atoms with van der Waals surface area (Å²) < 4.78 is 0. The number of halogens is 1. The second-order valence-corrected chi connectivity index (χ2v) is 5.43. The Bertz CT molecular complexity index is 449. The number of aliphatic hydroxyl groups is 1. The van der Waals surface area contributed by atoms with Crippen LogP contribution in [0.4, 0.5) is 0 Å². The minimum Gasteiger partial charge on any atom is -0.387 e. The fraction of sp³-hybridized carbons (Fsp3) is 0.500. The van der Waals surface area contributed by atoms with Crippen molar-refractivity contribution in [3.8, 4) is 0 Å². The van der Waals surface area contributed by atoms with Gasteiger partial charge in [0, 0.05) is 31.7 Å². The lowest BCUT2D eigenvalue weighted by Crippen LogP contribution is -2.55. The summed E-state index contributed by atoms with van der Waals surface area (Å²) >= 11 is 5.82. The van der Waals surface area contributed by atoms with Gasteiger partial charge in [0.15, 0.2) is 0 Å². The van der Waals surface area contributed by atoms with Gasteiger partial charge < -0.3 is 10.0 Å². The highest BCUT2D eigenvalue weighted by Gasteiger charge is 2.30. The standard InChI is InChI=1S/C14H19ClN2O2/c1-10-14(19)16(2)7-8-17(10)9-13(18)11-3-5-12(15)6-4-11/h3-6,10,13,18H,7-9H2,1-2H3/t10?,13-/m1/s1. The molecule has 1 N–H and O–H groups in total. The van der Waals surface area contributed by atoms with E-state index in [0.717, 1.165) is 12.1 Å². The van der Waals surface area contributed by atoms with Crippen molar-refractivity contribution in [3.63, 3.8) is 0 Å². The summed E-state index contributed by atoms with van der Waals surface area (Å²) in [6.07, 6.45) is -0.601. The zero-order valence-corrected chi connectivity index (χ0v) is 12.0. The second kappa shape index (κ2) is 5.90. The van der Waals surface area contributed by atoms with Crippen LogP contribution in [0.15, 0.2) is 24.3 Å². The van der Waals surface area contributed by atoms with Crippen LogP contribution in [0, 0.1) is 0 Å². The van der Waals surface area contributed by atoms with E-state index >= 15 is 0 Å². The molecule has 0 bridgehead atoms. The smallest absolute Gasteiger partial charge is 0.239 e. The Kier molecular flexibility index (Phi) is 4.45. The molecule has 2 rings (SSSR count). The molecule has 1 heterocycles. The van der Waals surface area contributed by atoms with E-state index in [1.807, 2.05) is 31.0 Å². The van der Waals surface area contributed by atoms with Gasteiger partial charge in [-0.2, -0.15) is 0 Å². The molecule has 1 aromatic carbocycles. The summed E-state index contributed by atoms with van der Waals surface area (Å²) in [5.41, 5.74) is 0.822. The molecule has 1 amide bonds. The number of aliphatic hydroxyl groups excluding tert-OH is 1. The number of hydrogen-bond donors (Lipinski definition) is 1. The first kappa shape index (κ1) is 14.3. The first-order valence-corrected chi connectivity index (χ1v) is 6.79. The molecule has 2 atom stereocenters. The maximum absolute atomic E-state index is 11.9. The molecule has 1 aliphatic rings. The van der Waals surface area contributed by atoms with Crippen molar-refractivity contribution in [1.82, 2.24) is 9.80 Å². The number of piperazine rings is 1. The largest absolute Gasteiger partial charge is 0.387 e. The van der Waals surface area contributed by atoms with Crippen molar-refractivity contribution in [2.45, 2.75) is 19.1 Å². The number of hydrogen-bond acceptors (Lipinski definition) is 3. The fourth-order valence-corrected chi connectivity index (χ4v) is 2.45. The van der Waals surface area contributed by atoms with Gasteiger partial charge in [0.1, 0.15) is 0 Å². The molecule has 0 spiro atoms. The monoisotopic (exact) mass is 282 g/mol. The van der Waals surface area contributed by atoms with Gasteiger partial charge in [0.25, 0.3) is 0 Å². The average molecular weight is 283 g/mol. The minimum absolute atomic E-state index is 0.106. The van der Waals surface area contributed by atoms with Gasteiger partial charge in [-0.05, 0) is 24.6 Å². The van der Waals surface area contributed by atoms with Crippen LogP contribution in [0.2, 0.25) is 5.02 Å². The highest BCUT2D eigenvalue weighted by molar-refractivity contribution is 6.30. The van der Waals surface area contributed by atoms with Crippen LogP contribution in [0.1, 0.15) is 18.6 Å². The summed E-state index contributed by atoms with van der Waals surface area (Å²) in [5, 5.41) is 10.9. The van der Waals surface area contributed by atoms with E-state index in [1.54, 1.807) is 17.0 Å². The van der Waals surface area contributed by atoms with Gasteiger partial charge in [-0.3, -0.25) is 9.69 Å². The number of rotatable bonds is 3. The molecule has 0 aromatic heterocycles. The van der Waals surface area contributed by atoms with Crippen LogP contribution < -0.4 is 0 Å². The fourth-order valence-electron chi connectivity index (χ4n) is 2.32. The Balaban J connectivity index is 2.00. The molecule has 1 aromatic rings. The Morgan fingerprint density at radius 1 is 1.37 bits per heavy atom. The molecule has 104 valence electrons. The lowest BCUT2D eigenvalue weighted by molar-refractivity contribution is -0.140. The number of nitrogens with zero attached hydrogens (tertiary/aromatic N) is 2. The maximum Gasteiger partial charge on any atom is 0.239 e. The molecule has 1 unspecified atom stereocenters. The number of β-amino-alcohol motifs (C(OH)–C–C–N with tert-alkyl or cyclic N) is 1. The van der Waals surface area contributed by atoms with Gasteiger partial charge in [0.05, 0.1) is 12.1 Å². The molecule has 0 radical (unpaired) electrons. The van der Waals surface area contributed by atoms with E-state index in [1.165, 1.54) is 0 Å². The minimum atomic E-state index is -0.601. The maximum atomic E-state index is 11.9. The van der Waals surface area contributed by atoms with E-state index in [-0.39, 0.29) is 11.9 Å². The van der Waals surface area contributed by atoms with Crippen LogP contribution in [-0.2, 0) is 4.79 Å². The molecule has 0 saturated carbocycles. The Morgan fingerprint density at radius 2 is 2.00 bits per heavy atom. The van der Waals surface area contributed by atoms with Crippen molar-refractivity contribution < 1.29 is 9.90 Å². The zero-order valence-electron chi connectivity index (χ0n) is 11.2. The molecule has 0 aliphatic carbocycles. The van der Waals surface area contributed by atoms with Crippen molar-refractivity contribution >= 4 is 17.5 Å². The topological polar surface area (TPSA) is 43.8 Å². The van der Waals surface area contributed by atoms with Gasteiger partial charge in [-0.15, -0.1) is 0 Å². The number of benzene rings is 1. The van der Waals surface area contributed by atoms with Crippen LogP contribution in [0.3, 0.4) is 0 Å². The molecular weight excluding hydrogens is 264 g/mol. The van der Waals surface area contributed by atoms with Gasteiger partial charge in [0.2, 0.25) is 5.91 Å². The Morgan fingerprint density at radius 3 is 2.63 bits per heavy atom. The van der Waals surface area contributed by atoms with Crippen molar-refractivity contribution in [3.05, 3.63) is 34.9 Å². The van der Waals surface area contributed by atoms with Gasteiger partial charge in [-0.25, -0.2) is 0 Å². The lowest BCUT2D eigenvalue weighted by Gasteiger charge is -2.38. The van der Waals surface area contributed by atoms with Gasteiger partial charge in [-0.1, -0.05) is 23.7 Å². The van der Waals surface area contributed by atoms with Crippen LogP contribution in [-0.4, -0.2) is 53.5 Å². The van der Waals surface area contributed by atoms with Gasteiger partial charge >= 0.3 is 0 Å². The van der Waals surface area contributed by atoms with E-state index < -0.39 is 6.10 Å². The first-order chi connectivity index (χ1) is 8.99. The van der Waals surface area contributed by atoms with Crippen molar-refractivity contribution in [1.29, 1.82) is 0 Å². The molecule has 1 saturated heterocycles. The summed E-state index contributed by atoms with van der Waals surface area (Å²) in [7, 11) is 1.81. The molecule has 1 aliphatic heterocycles. The van der Waals surface area contributed by atoms with Crippen LogP contribution >= 0.6 is 11.6 Å². The van der Waals surface area contributed by atoms with E-state index in [0.29, 0.717) is 18.1 Å².